The standard InChI is InChI=1S/C19H18F2N2O2/c20-18(21)25-16-8-4-1-5-13(16)11-23-15-7-3-2-6-14(15)19(17(23)24)9-10-22-12-19/h1-8,18,22H,9-12H2. The van der Waals surface area contributed by atoms with E-state index >= 15 is 0 Å². The molecule has 2 aromatic carbocycles. The molecule has 0 radical (unpaired) electrons. The lowest BCUT2D eigenvalue weighted by Crippen LogP contribution is -2.41. The van der Waals surface area contributed by atoms with Gasteiger partial charge in [-0.15, -0.1) is 0 Å². The van der Waals surface area contributed by atoms with Gasteiger partial charge in [0.1, 0.15) is 5.75 Å². The Labute approximate surface area is 144 Å². The second kappa shape index (κ2) is 6.11. The lowest BCUT2D eigenvalue weighted by molar-refractivity contribution is -0.122. The molecule has 2 aliphatic heterocycles. The Morgan fingerprint density at radius 1 is 1.16 bits per heavy atom. The number of amides is 1. The van der Waals surface area contributed by atoms with Crippen molar-refractivity contribution >= 4 is 11.6 Å². The van der Waals surface area contributed by atoms with Crippen molar-refractivity contribution in [3.63, 3.8) is 0 Å². The predicted molar refractivity (Wildman–Crippen MR) is 89.9 cm³/mol. The summed E-state index contributed by atoms with van der Waals surface area (Å²) < 4.78 is 29.9. The average Bonchev–Trinajstić information content (AvgIpc) is 3.18. The highest BCUT2D eigenvalue weighted by Crippen LogP contribution is 2.46. The van der Waals surface area contributed by atoms with E-state index in [0.717, 1.165) is 24.2 Å². The van der Waals surface area contributed by atoms with Gasteiger partial charge in [-0.3, -0.25) is 4.79 Å². The molecule has 4 nitrogen and oxygen atoms in total. The van der Waals surface area contributed by atoms with Crippen LogP contribution in [-0.2, 0) is 16.8 Å². The number of hydrogen-bond donors (Lipinski definition) is 1. The molecule has 1 atom stereocenters. The molecule has 2 heterocycles. The van der Waals surface area contributed by atoms with Gasteiger partial charge in [0.15, 0.2) is 0 Å². The number of benzene rings is 2. The third-order valence-corrected chi connectivity index (χ3v) is 5.04. The van der Waals surface area contributed by atoms with Crippen molar-refractivity contribution in [3.8, 4) is 5.75 Å². The zero-order valence-corrected chi connectivity index (χ0v) is 13.5. The number of carbonyl (C=O) groups is 1. The van der Waals surface area contributed by atoms with Gasteiger partial charge in [-0.05, 0) is 30.7 Å². The van der Waals surface area contributed by atoms with Crippen molar-refractivity contribution in [2.45, 2.75) is 25.0 Å². The van der Waals surface area contributed by atoms with Gasteiger partial charge in [-0.25, -0.2) is 0 Å². The molecule has 2 aromatic rings. The van der Waals surface area contributed by atoms with Crippen LogP contribution in [-0.4, -0.2) is 25.6 Å². The van der Waals surface area contributed by atoms with E-state index in [4.69, 9.17) is 0 Å². The minimum absolute atomic E-state index is 0.0190. The minimum Gasteiger partial charge on any atom is -0.434 e. The largest absolute Gasteiger partial charge is 0.434 e. The molecule has 0 aliphatic carbocycles. The summed E-state index contributed by atoms with van der Waals surface area (Å²) in [6, 6.07) is 14.3. The molecule has 130 valence electrons. The number of ether oxygens (including phenoxy) is 1. The quantitative estimate of drug-likeness (QED) is 0.927. The molecule has 1 spiro atoms. The van der Waals surface area contributed by atoms with E-state index in [-0.39, 0.29) is 18.2 Å². The Balaban J connectivity index is 1.71. The third kappa shape index (κ3) is 2.57. The van der Waals surface area contributed by atoms with Crippen LogP contribution in [0.3, 0.4) is 0 Å². The Kier molecular flexibility index (Phi) is 3.92. The summed E-state index contributed by atoms with van der Waals surface area (Å²) in [4.78, 5) is 14.9. The van der Waals surface area contributed by atoms with Crippen molar-refractivity contribution in [2.75, 3.05) is 18.0 Å². The second-order valence-electron chi connectivity index (χ2n) is 6.40. The highest BCUT2D eigenvalue weighted by atomic mass is 19.3. The number of nitrogens with one attached hydrogen (secondary N) is 1. The zero-order valence-electron chi connectivity index (χ0n) is 13.5. The van der Waals surface area contributed by atoms with Gasteiger partial charge in [-0.2, -0.15) is 8.78 Å². The van der Waals surface area contributed by atoms with Crippen molar-refractivity contribution in [3.05, 3.63) is 59.7 Å². The smallest absolute Gasteiger partial charge is 0.387 e. The summed E-state index contributed by atoms with van der Waals surface area (Å²) in [6.45, 7) is -1.29. The van der Waals surface area contributed by atoms with E-state index in [0.29, 0.717) is 12.1 Å². The Hall–Kier alpha value is -2.47. The SMILES string of the molecule is O=C1N(Cc2ccccc2OC(F)F)c2ccccc2C12CCNC2. The van der Waals surface area contributed by atoms with Gasteiger partial charge in [0.25, 0.3) is 0 Å². The number of hydrogen-bond acceptors (Lipinski definition) is 3. The number of para-hydroxylation sites is 2. The van der Waals surface area contributed by atoms with E-state index in [2.05, 4.69) is 10.1 Å². The number of nitrogens with zero attached hydrogens (tertiary/aromatic N) is 1. The molecule has 4 rings (SSSR count). The van der Waals surface area contributed by atoms with Gasteiger partial charge in [0, 0.05) is 17.8 Å². The fourth-order valence-corrected chi connectivity index (χ4v) is 3.87. The molecule has 2 aliphatic rings. The van der Waals surface area contributed by atoms with Gasteiger partial charge >= 0.3 is 6.61 Å². The maximum Gasteiger partial charge on any atom is 0.387 e. The Morgan fingerprint density at radius 2 is 1.92 bits per heavy atom. The van der Waals surface area contributed by atoms with Crippen molar-refractivity contribution in [2.24, 2.45) is 0 Å². The molecule has 0 saturated carbocycles. The summed E-state index contributed by atoms with van der Waals surface area (Å²) in [6.07, 6.45) is 0.745. The van der Waals surface area contributed by atoms with E-state index in [1.807, 2.05) is 24.3 Å². The number of rotatable bonds is 4. The number of halogens is 2. The fourth-order valence-electron chi connectivity index (χ4n) is 3.87. The first-order chi connectivity index (χ1) is 12.1. The molecule has 0 aromatic heterocycles. The van der Waals surface area contributed by atoms with E-state index in [1.165, 1.54) is 6.07 Å². The maximum absolute atomic E-state index is 13.2. The summed E-state index contributed by atoms with van der Waals surface area (Å²) in [5.74, 6) is 0.124. The summed E-state index contributed by atoms with van der Waals surface area (Å²) >= 11 is 0. The van der Waals surface area contributed by atoms with Crippen LogP contribution < -0.4 is 15.0 Å². The second-order valence-corrected chi connectivity index (χ2v) is 6.40. The van der Waals surface area contributed by atoms with Crippen molar-refractivity contribution in [1.82, 2.24) is 5.32 Å². The molecule has 1 unspecified atom stereocenters. The third-order valence-electron chi connectivity index (χ3n) is 5.04. The lowest BCUT2D eigenvalue weighted by atomic mass is 9.81. The molecule has 1 fully saturated rings. The van der Waals surface area contributed by atoms with Gasteiger partial charge in [0.05, 0.1) is 12.0 Å². The van der Waals surface area contributed by atoms with Crippen LogP contribution in [0, 0.1) is 0 Å². The van der Waals surface area contributed by atoms with Gasteiger partial charge < -0.3 is 15.0 Å². The monoisotopic (exact) mass is 344 g/mol. The molecule has 1 amide bonds. The molecule has 25 heavy (non-hydrogen) atoms. The summed E-state index contributed by atoms with van der Waals surface area (Å²) in [7, 11) is 0. The fraction of sp³-hybridized carbons (Fsp3) is 0.316. The van der Waals surface area contributed by atoms with Crippen LogP contribution in [0.2, 0.25) is 0 Å². The highest BCUT2D eigenvalue weighted by Gasteiger charge is 2.52. The van der Waals surface area contributed by atoms with Crippen LogP contribution in [0.1, 0.15) is 17.5 Å². The van der Waals surface area contributed by atoms with Crippen LogP contribution in [0.25, 0.3) is 0 Å². The Morgan fingerprint density at radius 3 is 2.68 bits per heavy atom. The van der Waals surface area contributed by atoms with Crippen LogP contribution >= 0.6 is 0 Å². The van der Waals surface area contributed by atoms with Crippen LogP contribution in [0.15, 0.2) is 48.5 Å². The number of carbonyl (C=O) groups excluding carboxylic acids is 1. The van der Waals surface area contributed by atoms with Crippen molar-refractivity contribution < 1.29 is 18.3 Å². The number of anilines is 1. The lowest BCUT2D eigenvalue weighted by Gasteiger charge is -2.23. The zero-order chi connectivity index (χ0) is 17.4. The minimum atomic E-state index is -2.90. The molecule has 6 heteroatoms. The average molecular weight is 344 g/mol. The van der Waals surface area contributed by atoms with E-state index < -0.39 is 12.0 Å². The molecular formula is C19H18F2N2O2. The van der Waals surface area contributed by atoms with Crippen molar-refractivity contribution in [1.29, 1.82) is 0 Å². The number of alkyl halides is 2. The topological polar surface area (TPSA) is 41.6 Å². The van der Waals surface area contributed by atoms with Gasteiger partial charge in [-0.1, -0.05) is 36.4 Å². The molecular weight excluding hydrogens is 326 g/mol. The first-order valence-corrected chi connectivity index (χ1v) is 8.27. The molecule has 1 saturated heterocycles. The maximum atomic E-state index is 13.2. The predicted octanol–water partition coefficient (Wildman–Crippen LogP) is 3.07. The molecule has 0 bridgehead atoms. The summed E-state index contributed by atoms with van der Waals surface area (Å²) in [5.41, 5.74) is 1.88. The first-order valence-electron chi connectivity index (χ1n) is 8.27. The molecule has 1 N–H and O–H groups in total. The van der Waals surface area contributed by atoms with Crippen LogP contribution in [0.4, 0.5) is 14.5 Å². The number of fused-ring (bicyclic) bond motifs is 2. The van der Waals surface area contributed by atoms with Gasteiger partial charge in [0.2, 0.25) is 5.91 Å². The first kappa shape index (κ1) is 16.0. The highest BCUT2D eigenvalue weighted by molar-refractivity contribution is 6.08. The summed E-state index contributed by atoms with van der Waals surface area (Å²) in [5, 5.41) is 3.28. The van der Waals surface area contributed by atoms with E-state index in [1.54, 1.807) is 23.1 Å². The van der Waals surface area contributed by atoms with Crippen LogP contribution in [0.5, 0.6) is 5.75 Å². The van der Waals surface area contributed by atoms with E-state index in [9.17, 15) is 13.6 Å². The Bertz CT molecular complexity index is 804. The normalized spacial score (nSPS) is 22.0.